The van der Waals surface area contributed by atoms with E-state index in [1.54, 1.807) is 14.0 Å². The first-order valence-electron chi connectivity index (χ1n) is 8.15. The number of amides is 1. The molecule has 1 atom stereocenters. The maximum absolute atomic E-state index is 12.3. The predicted molar refractivity (Wildman–Crippen MR) is 88.2 cm³/mol. The molecule has 1 aromatic carbocycles. The summed E-state index contributed by atoms with van der Waals surface area (Å²) in [6.07, 6.45) is 2.53. The normalized spacial score (nSPS) is 19.8. The third-order valence-corrected chi connectivity index (χ3v) is 4.64. The molecule has 1 aromatic rings. The lowest BCUT2D eigenvalue weighted by molar-refractivity contribution is -0.142. The van der Waals surface area contributed by atoms with Gasteiger partial charge in [0.2, 0.25) is 0 Å². The Morgan fingerprint density at radius 2 is 2.00 bits per heavy atom. The van der Waals surface area contributed by atoms with E-state index in [0.717, 1.165) is 18.4 Å². The quantitative estimate of drug-likeness (QED) is 0.802. The van der Waals surface area contributed by atoms with Crippen molar-refractivity contribution in [3.63, 3.8) is 0 Å². The van der Waals surface area contributed by atoms with Gasteiger partial charge in [0.25, 0.3) is 5.91 Å². The Bertz CT molecular complexity index is 495. The summed E-state index contributed by atoms with van der Waals surface area (Å²) in [5.41, 5.74) is -0.669. The van der Waals surface area contributed by atoms with E-state index < -0.39 is 5.60 Å². The number of carbonyl (C=O) groups excluding carboxylic acids is 1. The molecule has 2 N–H and O–H groups in total. The van der Waals surface area contributed by atoms with Crippen molar-refractivity contribution in [2.75, 3.05) is 26.9 Å². The van der Waals surface area contributed by atoms with Gasteiger partial charge in [0, 0.05) is 39.7 Å². The highest BCUT2D eigenvalue weighted by Crippen LogP contribution is 2.24. The van der Waals surface area contributed by atoms with Crippen molar-refractivity contribution in [3.05, 3.63) is 35.9 Å². The van der Waals surface area contributed by atoms with Crippen molar-refractivity contribution in [1.29, 1.82) is 0 Å². The van der Waals surface area contributed by atoms with Crippen molar-refractivity contribution in [3.8, 4) is 0 Å². The lowest BCUT2D eigenvalue weighted by Gasteiger charge is -2.36. The molecule has 5 nitrogen and oxygen atoms in total. The maximum atomic E-state index is 12.3. The second kappa shape index (κ2) is 7.90. The van der Waals surface area contributed by atoms with Crippen LogP contribution in [0.15, 0.2) is 30.3 Å². The van der Waals surface area contributed by atoms with Gasteiger partial charge >= 0.3 is 0 Å². The number of carbonyl (C=O) groups is 1. The van der Waals surface area contributed by atoms with E-state index in [1.165, 1.54) is 0 Å². The summed E-state index contributed by atoms with van der Waals surface area (Å²) in [6.45, 7) is 3.23. The summed E-state index contributed by atoms with van der Waals surface area (Å²) in [4.78, 5) is 12.3. The van der Waals surface area contributed by atoms with E-state index in [4.69, 9.17) is 9.47 Å². The number of nitrogens with one attached hydrogen (secondary N) is 1. The van der Waals surface area contributed by atoms with Crippen LogP contribution in [0.1, 0.15) is 31.7 Å². The van der Waals surface area contributed by atoms with Gasteiger partial charge in [-0.3, -0.25) is 4.79 Å². The fourth-order valence-electron chi connectivity index (χ4n) is 2.77. The van der Waals surface area contributed by atoms with Crippen LogP contribution in [0, 0.1) is 0 Å². The van der Waals surface area contributed by atoms with Crippen LogP contribution in [0.3, 0.4) is 0 Å². The Balaban J connectivity index is 1.85. The first-order chi connectivity index (χ1) is 11.0. The maximum Gasteiger partial charge on any atom is 0.251 e. The summed E-state index contributed by atoms with van der Waals surface area (Å²) >= 11 is 0. The molecule has 0 bridgehead atoms. The Labute approximate surface area is 138 Å². The Hall–Kier alpha value is -1.43. The summed E-state index contributed by atoms with van der Waals surface area (Å²) < 4.78 is 10.9. The van der Waals surface area contributed by atoms with Crippen LogP contribution in [0.2, 0.25) is 0 Å². The minimum atomic E-state index is -1.39. The van der Waals surface area contributed by atoms with E-state index >= 15 is 0 Å². The summed E-state index contributed by atoms with van der Waals surface area (Å²) in [6, 6.07) is 9.85. The molecule has 1 aliphatic heterocycles. The van der Waals surface area contributed by atoms with Gasteiger partial charge in [-0.1, -0.05) is 30.3 Å². The molecule has 1 fully saturated rings. The van der Waals surface area contributed by atoms with Gasteiger partial charge in [0.1, 0.15) is 5.60 Å². The molecule has 0 aromatic heterocycles. The lowest BCUT2D eigenvalue weighted by atomic mass is 9.92. The van der Waals surface area contributed by atoms with Crippen LogP contribution in [0.4, 0.5) is 0 Å². The molecule has 0 spiro atoms. The molecule has 2 rings (SSSR count). The molecule has 0 unspecified atom stereocenters. The van der Waals surface area contributed by atoms with Crippen molar-refractivity contribution in [2.24, 2.45) is 0 Å². The number of benzene rings is 1. The van der Waals surface area contributed by atoms with Crippen LogP contribution in [0.5, 0.6) is 0 Å². The molecule has 0 saturated carbocycles. The average molecular weight is 321 g/mol. The molecule has 1 amide bonds. The Kier molecular flexibility index (Phi) is 6.16. The Morgan fingerprint density at radius 3 is 2.61 bits per heavy atom. The predicted octanol–water partition coefficient (Wildman–Crippen LogP) is 1.68. The van der Waals surface area contributed by atoms with Crippen molar-refractivity contribution in [1.82, 2.24) is 5.32 Å². The molecule has 1 saturated heterocycles. The van der Waals surface area contributed by atoms with Crippen LogP contribution >= 0.6 is 0 Å². The zero-order valence-electron chi connectivity index (χ0n) is 14.0. The highest BCUT2D eigenvalue weighted by Gasteiger charge is 2.36. The number of aliphatic hydroxyl groups is 1. The van der Waals surface area contributed by atoms with Crippen molar-refractivity contribution >= 4 is 5.91 Å². The van der Waals surface area contributed by atoms with Crippen LogP contribution in [-0.4, -0.2) is 49.1 Å². The van der Waals surface area contributed by atoms with Crippen molar-refractivity contribution in [2.45, 2.75) is 43.8 Å². The van der Waals surface area contributed by atoms with Gasteiger partial charge in [-0.05, 0) is 25.3 Å². The van der Waals surface area contributed by atoms with Crippen molar-refractivity contribution < 1.29 is 19.4 Å². The highest BCUT2D eigenvalue weighted by molar-refractivity contribution is 5.84. The second-order valence-corrected chi connectivity index (χ2v) is 6.44. The summed E-state index contributed by atoms with van der Waals surface area (Å²) in [7, 11) is 1.66. The molecule has 128 valence electrons. The topological polar surface area (TPSA) is 67.8 Å². The minimum absolute atomic E-state index is 0.351. The summed E-state index contributed by atoms with van der Waals surface area (Å²) in [5, 5.41) is 13.3. The Morgan fingerprint density at radius 1 is 1.35 bits per heavy atom. The van der Waals surface area contributed by atoms with Crippen LogP contribution in [0.25, 0.3) is 0 Å². The third kappa shape index (κ3) is 5.03. The van der Waals surface area contributed by atoms with Gasteiger partial charge in [-0.15, -0.1) is 0 Å². The number of ether oxygens (including phenoxy) is 2. The summed E-state index contributed by atoms with van der Waals surface area (Å²) in [5.74, 6) is -0.351. The molecular weight excluding hydrogens is 294 g/mol. The number of aryl methyl sites for hydroxylation is 1. The standard InChI is InChI=1S/C18H27NO4/c1-17(21,9-8-15-6-4-3-5-7-15)16(20)19-14-18(22-2)10-12-23-13-11-18/h3-7,21H,8-14H2,1-2H3,(H,19,20)/t17-/m1/s1. The van der Waals surface area contributed by atoms with Gasteiger partial charge in [-0.25, -0.2) is 0 Å². The zero-order valence-corrected chi connectivity index (χ0v) is 14.0. The number of hydrogen-bond acceptors (Lipinski definition) is 4. The van der Waals surface area contributed by atoms with E-state index in [-0.39, 0.29) is 11.5 Å². The molecule has 23 heavy (non-hydrogen) atoms. The van der Waals surface area contributed by atoms with Gasteiger partial charge < -0.3 is 19.9 Å². The largest absolute Gasteiger partial charge is 0.381 e. The van der Waals surface area contributed by atoms with Gasteiger partial charge in [-0.2, -0.15) is 0 Å². The van der Waals surface area contributed by atoms with E-state index in [0.29, 0.717) is 32.6 Å². The molecule has 1 aliphatic rings. The lowest BCUT2D eigenvalue weighted by Crippen LogP contribution is -2.53. The smallest absolute Gasteiger partial charge is 0.251 e. The first-order valence-corrected chi connectivity index (χ1v) is 8.15. The molecule has 1 heterocycles. The fourth-order valence-corrected chi connectivity index (χ4v) is 2.77. The van der Waals surface area contributed by atoms with E-state index in [2.05, 4.69) is 5.32 Å². The molecule has 5 heteroatoms. The molecule has 0 aliphatic carbocycles. The minimum Gasteiger partial charge on any atom is -0.381 e. The molecule has 0 radical (unpaired) electrons. The van der Waals surface area contributed by atoms with Gasteiger partial charge in [0.05, 0.1) is 5.60 Å². The first kappa shape index (κ1) is 17.9. The fraction of sp³-hybridized carbons (Fsp3) is 0.611. The third-order valence-electron chi connectivity index (χ3n) is 4.64. The zero-order chi connectivity index (χ0) is 16.8. The monoisotopic (exact) mass is 321 g/mol. The van der Waals surface area contributed by atoms with Crippen LogP contribution < -0.4 is 5.32 Å². The molecular formula is C18H27NO4. The highest BCUT2D eigenvalue weighted by atomic mass is 16.5. The van der Waals surface area contributed by atoms with Crippen LogP contribution in [-0.2, 0) is 20.7 Å². The van der Waals surface area contributed by atoms with E-state index in [1.807, 2.05) is 30.3 Å². The SMILES string of the molecule is COC1(CNC(=O)[C@](C)(O)CCc2ccccc2)CCOCC1. The van der Waals surface area contributed by atoms with Gasteiger partial charge in [0.15, 0.2) is 0 Å². The second-order valence-electron chi connectivity index (χ2n) is 6.44. The number of hydrogen-bond donors (Lipinski definition) is 2. The number of methoxy groups -OCH3 is 1. The van der Waals surface area contributed by atoms with E-state index in [9.17, 15) is 9.90 Å². The average Bonchev–Trinajstić information content (AvgIpc) is 2.59. The number of rotatable bonds is 7.